The van der Waals surface area contributed by atoms with E-state index >= 15 is 0 Å². The lowest BCUT2D eigenvalue weighted by molar-refractivity contribution is 0.416. The number of nitrogens with one attached hydrogen (secondary N) is 1. The Morgan fingerprint density at radius 1 is 1.17 bits per heavy atom. The van der Waals surface area contributed by atoms with Crippen molar-refractivity contribution >= 4 is 17.3 Å². The summed E-state index contributed by atoms with van der Waals surface area (Å²) in [7, 11) is 1.68. The van der Waals surface area contributed by atoms with Crippen LogP contribution in [0.1, 0.15) is 29.1 Å². The van der Waals surface area contributed by atoms with Crippen LogP contribution in [0.2, 0.25) is 0 Å². The summed E-state index contributed by atoms with van der Waals surface area (Å²) in [4.78, 5) is 9.08. The molecule has 0 saturated carbocycles. The van der Waals surface area contributed by atoms with Gasteiger partial charge in [0.15, 0.2) is 0 Å². The first-order valence-electron chi connectivity index (χ1n) is 7.82. The number of benzene rings is 1. The Morgan fingerprint density at radius 3 is 2.87 bits per heavy atom. The Balaban J connectivity index is 1.90. The second kappa shape index (κ2) is 5.22. The fourth-order valence-corrected chi connectivity index (χ4v) is 3.16. The maximum absolute atomic E-state index is 5.49. The van der Waals surface area contributed by atoms with E-state index in [1.807, 2.05) is 19.1 Å². The average Bonchev–Trinajstić information content (AvgIpc) is 3.12. The molecule has 4 rings (SSSR count). The number of rotatable bonds is 3. The maximum Gasteiger partial charge on any atom is 0.254 e. The van der Waals surface area contributed by atoms with Crippen LogP contribution in [0.3, 0.4) is 0 Å². The molecule has 0 fully saturated rings. The minimum atomic E-state index is 0.650. The zero-order chi connectivity index (χ0) is 16.0. The van der Waals surface area contributed by atoms with Gasteiger partial charge in [0.05, 0.1) is 18.5 Å². The van der Waals surface area contributed by atoms with E-state index in [4.69, 9.17) is 4.74 Å². The van der Waals surface area contributed by atoms with E-state index in [2.05, 4.69) is 33.4 Å². The monoisotopic (exact) mass is 309 g/mol. The van der Waals surface area contributed by atoms with Crippen LogP contribution in [0.15, 0.2) is 18.2 Å². The van der Waals surface area contributed by atoms with Gasteiger partial charge in [0.1, 0.15) is 17.4 Å². The molecule has 3 aromatic rings. The Labute approximate surface area is 134 Å². The van der Waals surface area contributed by atoms with Crippen molar-refractivity contribution in [3.8, 4) is 5.75 Å². The largest absolute Gasteiger partial charge is 0.495 e. The predicted molar refractivity (Wildman–Crippen MR) is 88.6 cm³/mol. The lowest BCUT2D eigenvalue weighted by Gasteiger charge is -2.15. The third-order valence-electron chi connectivity index (χ3n) is 4.23. The van der Waals surface area contributed by atoms with Gasteiger partial charge >= 0.3 is 0 Å². The molecule has 1 N–H and O–H groups in total. The number of methoxy groups -OCH3 is 1. The van der Waals surface area contributed by atoms with Crippen LogP contribution >= 0.6 is 0 Å². The molecule has 0 bridgehead atoms. The molecule has 6 heteroatoms. The molecular weight excluding hydrogens is 290 g/mol. The second-order valence-corrected chi connectivity index (χ2v) is 5.94. The zero-order valence-corrected chi connectivity index (χ0v) is 13.6. The van der Waals surface area contributed by atoms with Gasteiger partial charge in [-0.3, -0.25) is 0 Å². The lowest BCUT2D eigenvalue weighted by atomic mass is 10.2. The van der Waals surface area contributed by atoms with Crippen LogP contribution in [0.4, 0.5) is 11.5 Å². The van der Waals surface area contributed by atoms with Gasteiger partial charge in [-0.2, -0.15) is 9.50 Å². The molecule has 6 nitrogen and oxygen atoms in total. The van der Waals surface area contributed by atoms with Crippen LogP contribution in [0.25, 0.3) is 5.78 Å². The number of anilines is 2. The van der Waals surface area contributed by atoms with E-state index in [1.54, 1.807) is 11.6 Å². The van der Waals surface area contributed by atoms with Gasteiger partial charge in [-0.25, -0.2) is 4.98 Å². The number of fused-ring (bicyclic) bond motifs is 2. The minimum absolute atomic E-state index is 0.650. The molecule has 23 heavy (non-hydrogen) atoms. The molecule has 0 unspecified atom stereocenters. The summed E-state index contributed by atoms with van der Waals surface area (Å²) in [5.74, 6) is 3.13. The Kier molecular flexibility index (Phi) is 3.18. The highest BCUT2D eigenvalue weighted by Gasteiger charge is 2.22. The number of hydrogen-bond donors (Lipinski definition) is 1. The second-order valence-electron chi connectivity index (χ2n) is 5.94. The molecule has 1 aliphatic rings. The third-order valence-corrected chi connectivity index (χ3v) is 4.23. The molecule has 0 atom stereocenters. The fourth-order valence-electron chi connectivity index (χ4n) is 3.16. The van der Waals surface area contributed by atoms with E-state index in [0.29, 0.717) is 5.78 Å². The number of aryl methyl sites for hydroxylation is 3. The van der Waals surface area contributed by atoms with Gasteiger partial charge in [-0.1, -0.05) is 6.07 Å². The molecule has 2 aromatic heterocycles. The number of nitrogens with zero attached hydrogens (tertiary/aromatic N) is 4. The first kappa shape index (κ1) is 14.0. The topological polar surface area (TPSA) is 64.3 Å². The van der Waals surface area contributed by atoms with Gasteiger partial charge in [0.2, 0.25) is 0 Å². The number of aromatic nitrogens is 4. The van der Waals surface area contributed by atoms with Crippen LogP contribution in [0.5, 0.6) is 5.75 Å². The van der Waals surface area contributed by atoms with Crippen molar-refractivity contribution in [2.24, 2.45) is 0 Å². The number of ether oxygens (including phenoxy) is 1. The van der Waals surface area contributed by atoms with Gasteiger partial charge in [-0.15, -0.1) is 5.10 Å². The van der Waals surface area contributed by atoms with Gasteiger partial charge in [-0.05, 0) is 50.8 Å². The fraction of sp³-hybridized carbons (Fsp3) is 0.353. The molecule has 0 aliphatic heterocycles. The molecule has 0 saturated heterocycles. The van der Waals surface area contributed by atoms with Crippen molar-refractivity contribution in [3.63, 3.8) is 0 Å². The number of hydrogen-bond acceptors (Lipinski definition) is 5. The molecule has 2 heterocycles. The summed E-state index contributed by atoms with van der Waals surface area (Å²) < 4.78 is 7.29. The van der Waals surface area contributed by atoms with Crippen LogP contribution in [-0.4, -0.2) is 26.7 Å². The van der Waals surface area contributed by atoms with Crippen LogP contribution < -0.4 is 10.1 Å². The zero-order valence-electron chi connectivity index (χ0n) is 13.6. The minimum Gasteiger partial charge on any atom is -0.495 e. The Bertz CT molecular complexity index is 900. The quantitative estimate of drug-likeness (QED) is 0.806. The lowest BCUT2D eigenvalue weighted by Crippen LogP contribution is -2.07. The van der Waals surface area contributed by atoms with Crippen LogP contribution in [-0.2, 0) is 12.8 Å². The van der Waals surface area contributed by atoms with E-state index < -0.39 is 0 Å². The first-order valence-corrected chi connectivity index (χ1v) is 7.82. The molecular formula is C17H19N5O. The van der Waals surface area contributed by atoms with Crippen molar-refractivity contribution in [2.75, 3.05) is 12.4 Å². The van der Waals surface area contributed by atoms with Crippen molar-refractivity contribution in [1.29, 1.82) is 0 Å². The highest BCUT2D eigenvalue weighted by Crippen LogP contribution is 2.33. The van der Waals surface area contributed by atoms with Gasteiger partial charge in [0, 0.05) is 5.56 Å². The molecule has 0 spiro atoms. The summed E-state index contributed by atoms with van der Waals surface area (Å²) in [6.45, 7) is 3.95. The SMILES string of the molecule is COc1ccc(C)cc1Nc1c2c(nc3nc(C)nn13)CCC2. The van der Waals surface area contributed by atoms with Gasteiger partial charge in [0.25, 0.3) is 5.78 Å². The standard InChI is InChI=1S/C17H19N5O/c1-10-7-8-15(23-3)14(9-10)19-16-12-5-4-6-13(12)20-17-18-11(2)21-22(16)17/h7-9,19H,4-6H2,1-3H3. The van der Waals surface area contributed by atoms with Crippen molar-refractivity contribution < 1.29 is 4.74 Å². The smallest absolute Gasteiger partial charge is 0.254 e. The predicted octanol–water partition coefficient (Wildman–Crippen LogP) is 2.98. The molecule has 1 aliphatic carbocycles. The summed E-state index contributed by atoms with van der Waals surface area (Å²) in [6.07, 6.45) is 3.12. The molecule has 1 aromatic carbocycles. The maximum atomic E-state index is 5.49. The summed E-state index contributed by atoms with van der Waals surface area (Å²) in [5, 5.41) is 8.02. The molecule has 0 radical (unpaired) electrons. The van der Waals surface area contributed by atoms with E-state index in [1.165, 1.54) is 11.1 Å². The first-order chi connectivity index (χ1) is 11.2. The Hall–Kier alpha value is -2.63. The summed E-state index contributed by atoms with van der Waals surface area (Å²) in [5.41, 5.74) is 4.46. The Morgan fingerprint density at radius 2 is 2.04 bits per heavy atom. The van der Waals surface area contributed by atoms with E-state index in [9.17, 15) is 0 Å². The highest BCUT2D eigenvalue weighted by atomic mass is 16.5. The van der Waals surface area contributed by atoms with Gasteiger partial charge < -0.3 is 10.1 Å². The van der Waals surface area contributed by atoms with Crippen molar-refractivity contribution in [2.45, 2.75) is 33.1 Å². The highest BCUT2D eigenvalue weighted by molar-refractivity contribution is 5.69. The van der Waals surface area contributed by atoms with E-state index in [0.717, 1.165) is 48.0 Å². The third kappa shape index (κ3) is 2.30. The molecule has 0 amide bonds. The van der Waals surface area contributed by atoms with Crippen LogP contribution in [0, 0.1) is 13.8 Å². The average molecular weight is 309 g/mol. The van der Waals surface area contributed by atoms with Crippen molar-refractivity contribution in [1.82, 2.24) is 19.6 Å². The summed E-state index contributed by atoms with van der Waals surface area (Å²) >= 11 is 0. The summed E-state index contributed by atoms with van der Waals surface area (Å²) in [6, 6.07) is 6.09. The van der Waals surface area contributed by atoms with Crippen molar-refractivity contribution in [3.05, 3.63) is 40.8 Å². The molecule has 118 valence electrons. The normalized spacial score (nSPS) is 13.3. The van der Waals surface area contributed by atoms with E-state index in [-0.39, 0.29) is 0 Å².